The van der Waals surface area contributed by atoms with Gasteiger partial charge in [-0.3, -0.25) is 19.6 Å². The van der Waals surface area contributed by atoms with E-state index < -0.39 is 11.7 Å². The standard InChI is InChI=1S/C17H18N4O2S/c1-8-6-9(2)14-12(7-8)24-17(18-14)19-16(23)15(22)13-10(3)20-21(5)11(13)4/h6-7H,1-5H3,(H,18,19,23). The largest absolute Gasteiger partial charge is 0.298 e. The van der Waals surface area contributed by atoms with Gasteiger partial charge in [-0.25, -0.2) is 4.98 Å². The summed E-state index contributed by atoms with van der Waals surface area (Å²) in [6, 6.07) is 4.06. The Morgan fingerprint density at radius 1 is 1.17 bits per heavy atom. The summed E-state index contributed by atoms with van der Waals surface area (Å²) in [7, 11) is 1.75. The molecule has 0 atom stereocenters. The Hall–Kier alpha value is -2.54. The Kier molecular flexibility index (Phi) is 3.96. The van der Waals surface area contributed by atoms with Crippen molar-refractivity contribution in [2.75, 3.05) is 5.32 Å². The third-order valence-electron chi connectivity index (χ3n) is 3.99. The highest BCUT2D eigenvalue weighted by molar-refractivity contribution is 7.22. The van der Waals surface area contributed by atoms with Crippen molar-refractivity contribution in [3.05, 3.63) is 40.2 Å². The summed E-state index contributed by atoms with van der Waals surface area (Å²) in [5.41, 5.74) is 4.60. The molecule has 1 aromatic carbocycles. The highest BCUT2D eigenvalue weighted by Gasteiger charge is 2.24. The van der Waals surface area contributed by atoms with Crippen molar-refractivity contribution in [2.24, 2.45) is 7.05 Å². The first-order valence-electron chi connectivity index (χ1n) is 7.51. The van der Waals surface area contributed by atoms with Crippen LogP contribution in [0.3, 0.4) is 0 Å². The summed E-state index contributed by atoms with van der Waals surface area (Å²) in [6.45, 7) is 7.48. The summed E-state index contributed by atoms with van der Waals surface area (Å²) in [5.74, 6) is -1.28. The van der Waals surface area contributed by atoms with Crippen LogP contribution < -0.4 is 5.32 Å². The number of thiazole rings is 1. The van der Waals surface area contributed by atoms with E-state index in [1.807, 2.05) is 26.0 Å². The number of fused-ring (bicyclic) bond motifs is 1. The number of Topliss-reactive ketones (excluding diaryl/α,β-unsaturated/α-hetero) is 1. The summed E-state index contributed by atoms with van der Waals surface area (Å²) in [6.07, 6.45) is 0. The molecule has 2 aromatic heterocycles. The van der Waals surface area contributed by atoms with Gasteiger partial charge in [-0.05, 0) is 44.9 Å². The van der Waals surface area contributed by atoms with Gasteiger partial charge in [0, 0.05) is 12.7 Å². The average molecular weight is 342 g/mol. The zero-order chi connectivity index (χ0) is 17.6. The molecule has 6 nitrogen and oxygen atoms in total. The second kappa shape index (κ2) is 5.83. The summed E-state index contributed by atoms with van der Waals surface area (Å²) in [4.78, 5) is 29.2. The Morgan fingerprint density at radius 3 is 2.50 bits per heavy atom. The first kappa shape index (κ1) is 16.3. The first-order chi connectivity index (χ1) is 11.3. The van der Waals surface area contributed by atoms with Crippen molar-refractivity contribution >= 4 is 38.4 Å². The van der Waals surface area contributed by atoms with Crippen molar-refractivity contribution in [1.29, 1.82) is 0 Å². The molecule has 0 fully saturated rings. The molecule has 7 heteroatoms. The molecule has 0 radical (unpaired) electrons. The molecule has 1 N–H and O–H groups in total. The van der Waals surface area contributed by atoms with E-state index in [0.29, 0.717) is 22.1 Å². The molecule has 0 saturated heterocycles. The van der Waals surface area contributed by atoms with E-state index in [-0.39, 0.29) is 0 Å². The lowest BCUT2D eigenvalue weighted by Gasteiger charge is -2.01. The van der Waals surface area contributed by atoms with Crippen molar-refractivity contribution in [3.63, 3.8) is 0 Å². The van der Waals surface area contributed by atoms with Crippen LogP contribution in [-0.2, 0) is 11.8 Å². The predicted octanol–water partition coefficient (Wildman–Crippen LogP) is 3.08. The van der Waals surface area contributed by atoms with Crippen molar-refractivity contribution < 1.29 is 9.59 Å². The van der Waals surface area contributed by atoms with E-state index in [0.717, 1.165) is 21.3 Å². The van der Waals surface area contributed by atoms with Crippen molar-refractivity contribution in [2.45, 2.75) is 27.7 Å². The van der Waals surface area contributed by atoms with Gasteiger partial charge in [-0.15, -0.1) is 0 Å². The minimum atomic E-state index is -0.692. The lowest BCUT2D eigenvalue weighted by molar-refractivity contribution is -0.112. The Balaban J connectivity index is 1.89. The number of hydrogen-bond acceptors (Lipinski definition) is 5. The molecular formula is C17H18N4O2S. The molecule has 0 aliphatic rings. The smallest absolute Gasteiger partial charge is 0.295 e. The third kappa shape index (κ3) is 2.71. The van der Waals surface area contributed by atoms with E-state index >= 15 is 0 Å². The fourth-order valence-electron chi connectivity index (χ4n) is 2.79. The van der Waals surface area contributed by atoms with E-state index in [2.05, 4.69) is 15.4 Å². The predicted molar refractivity (Wildman–Crippen MR) is 94.7 cm³/mol. The normalized spacial score (nSPS) is 11.0. The zero-order valence-electron chi connectivity index (χ0n) is 14.2. The number of rotatable bonds is 3. The number of ketones is 1. The molecule has 0 aliphatic carbocycles. The van der Waals surface area contributed by atoms with Crippen LogP contribution in [0.5, 0.6) is 0 Å². The molecule has 2 heterocycles. The van der Waals surface area contributed by atoms with E-state index in [1.165, 1.54) is 11.3 Å². The molecule has 0 spiro atoms. The van der Waals surface area contributed by atoms with E-state index in [1.54, 1.807) is 25.6 Å². The van der Waals surface area contributed by atoms with Crippen LogP contribution in [0.4, 0.5) is 5.13 Å². The molecule has 24 heavy (non-hydrogen) atoms. The molecule has 0 unspecified atom stereocenters. The molecular weight excluding hydrogens is 324 g/mol. The van der Waals surface area contributed by atoms with Gasteiger partial charge in [0.05, 0.1) is 21.5 Å². The minimum Gasteiger partial charge on any atom is -0.295 e. The number of amides is 1. The number of nitrogens with one attached hydrogen (secondary N) is 1. The van der Waals surface area contributed by atoms with Crippen LogP contribution >= 0.6 is 11.3 Å². The maximum absolute atomic E-state index is 12.5. The molecule has 3 rings (SSSR count). The molecule has 3 aromatic rings. The van der Waals surface area contributed by atoms with Crippen LogP contribution in [0, 0.1) is 27.7 Å². The second-order valence-corrected chi connectivity index (χ2v) is 6.93. The van der Waals surface area contributed by atoms with Gasteiger partial charge in [0.1, 0.15) is 0 Å². The fourth-order valence-corrected chi connectivity index (χ4v) is 3.83. The monoisotopic (exact) mass is 342 g/mol. The number of nitrogens with zero attached hydrogens (tertiary/aromatic N) is 3. The maximum atomic E-state index is 12.5. The van der Waals surface area contributed by atoms with Crippen LogP contribution in [0.2, 0.25) is 0 Å². The molecule has 0 bridgehead atoms. The first-order valence-corrected chi connectivity index (χ1v) is 8.33. The number of benzene rings is 1. The van der Waals surface area contributed by atoms with Crippen molar-refractivity contribution in [1.82, 2.24) is 14.8 Å². The number of aryl methyl sites for hydroxylation is 4. The van der Waals surface area contributed by atoms with Gasteiger partial charge in [0.15, 0.2) is 5.13 Å². The molecule has 1 amide bonds. The van der Waals surface area contributed by atoms with Gasteiger partial charge in [0.25, 0.3) is 11.7 Å². The highest BCUT2D eigenvalue weighted by Crippen LogP contribution is 2.29. The number of carbonyl (C=O) groups is 2. The van der Waals surface area contributed by atoms with E-state index in [9.17, 15) is 9.59 Å². The Labute approximate surface area is 143 Å². The van der Waals surface area contributed by atoms with Gasteiger partial charge in [-0.1, -0.05) is 17.4 Å². The maximum Gasteiger partial charge on any atom is 0.298 e. The third-order valence-corrected chi connectivity index (χ3v) is 4.91. The number of carbonyl (C=O) groups excluding carboxylic acids is 2. The molecule has 0 aliphatic heterocycles. The average Bonchev–Trinajstić information content (AvgIpc) is 2.99. The highest BCUT2D eigenvalue weighted by atomic mass is 32.1. The van der Waals surface area contributed by atoms with Gasteiger partial charge in [0.2, 0.25) is 0 Å². The molecule has 0 saturated carbocycles. The van der Waals surface area contributed by atoms with Gasteiger partial charge < -0.3 is 0 Å². The topological polar surface area (TPSA) is 76.9 Å². The Bertz CT molecular complexity index is 984. The number of aromatic nitrogens is 3. The lowest BCUT2D eigenvalue weighted by atomic mass is 10.1. The minimum absolute atomic E-state index is 0.350. The van der Waals surface area contributed by atoms with Crippen LogP contribution in [0.25, 0.3) is 10.2 Å². The number of hydrogen-bond donors (Lipinski definition) is 1. The van der Waals surface area contributed by atoms with Crippen LogP contribution in [-0.4, -0.2) is 26.5 Å². The fraction of sp³-hybridized carbons (Fsp3) is 0.294. The summed E-state index contributed by atoms with van der Waals surface area (Å²) >= 11 is 1.36. The summed E-state index contributed by atoms with van der Waals surface area (Å²) in [5, 5.41) is 7.23. The second-order valence-electron chi connectivity index (χ2n) is 5.90. The lowest BCUT2D eigenvalue weighted by Crippen LogP contribution is -2.23. The quantitative estimate of drug-likeness (QED) is 0.586. The van der Waals surface area contributed by atoms with Gasteiger partial charge >= 0.3 is 0 Å². The number of anilines is 1. The van der Waals surface area contributed by atoms with Crippen molar-refractivity contribution in [3.8, 4) is 0 Å². The summed E-state index contributed by atoms with van der Waals surface area (Å²) < 4.78 is 2.59. The van der Waals surface area contributed by atoms with Crippen LogP contribution in [0.15, 0.2) is 12.1 Å². The van der Waals surface area contributed by atoms with Gasteiger partial charge in [-0.2, -0.15) is 5.10 Å². The van der Waals surface area contributed by atoms with E-state index in [4.69, 9.17) is 0 Å². The van der Waals surface area contributed by atoms with Crippen LogP contribution in [0.1, 0.15) is 32.9 Å². The molecule has 124 valence electrons. The Morgan fingerprint density at radius 2 is 1.88 bits per heavy atom. The SMILES string of the molecule is Cc1cc(C)c2nc(NC(=O)C(=O)c3c(C)nn(C)c3C)sc2c1. The zero-order valence-corrected chi connectivity index (χ0v) is 15.0.